The molecule has 1 aliphatic heterocycles. The van der Waals surface area contributed by atoms with E-state index in [4.69, 9.17) is 10.3 Å². The monoisotopic (exact) mass is 267 g/mol. The maximum Gasteiger partial charge on any atom is 0.244 e. The molecule has 0 aliphatic carbocycles. The molecule has 19 heavy (non-hydrogen) atoms. The third kappa shape index (κ3) is 3.13. The number of rotatable bonds is 2. The van der Waals surface area contributed by atoms with Crippen molar-refractivity contribution < 1.29 is 4.52 Å². The Morgan fingerprint density at radius 3 is 2.63 bits per heavy atom. The van der Waals surface area contributed by atoms with Gasteiger partial charge in [-0.15, -0.1) is 0 Å². The second kappa shape index (κ2) is 5.19. The van der Waals surface area contributed by atoms with E-state index < -0.39 is 0 Å². The number of likely N-dealkylation sites (N-methyl/N-ethyl adjacent to an activating group) is 2. The number of hydrogen-bond donors (Lipinski definition) is 1. The van der Waals surface area contributed by atoms with E-state index in [1.807, 2.05) is 0 Å². The lowest BCUT2D eigenvalue weighted by atomic mass is 9.87. The Balaban J connectivity index is 2.16. The highest BCUT2D eigenvalue weighted by atomic mass is 16.5. The lowest BCUT2D eigenvalue weighted by Crippen LogP contribution is -2.45. The van der Waals surface area contributed by atoms with Crippen molar-refractivity contribution in [3.63, 3.8) is 0 Å². The molecule has 0 radical (unpaired) electrons. The molecule has 1 unspecified atom stereocenters. The van der Waals surface area contributed by atoms with Crippen LogP contribution >= 0.6 is 0 Å². The van der Waals surface area contributed by atoms with Crippen molar-refractivity contribution in [1.82, 2.24) is 19.9 Å². The number of aromatic nitrogens is 2. The van der Waals surface area contributed by atoms with Crippen LogP contribution in [-0.4, -0.2) is 53.7 Å². The number of nitrogens with zero attached hydrogens (tertiary/aromatic N) is 4. The predicted molar refractivity (Wildman–Crippen MR) is 73.5 cm³/mol. The van der Waals surface area contributed by atoms with Crippen LogP contribution in [-0.2, 0) is 0 Å². The van der Waals surface area contributed by atoms with E-state index in [2.05, 4.69) is 54.8 Å². The Bertz CT molecular complexity index is 425. The van der Waals surface area contributed by atoms with Gasteiger partial charge >= 0.3 is 0 Å². The summed E-state index contributed by atoms with van der Waals surface area (Å²) in [6.45, 7) is 9.21. The Labute approximate surface area is 114 Å². The highest BCUT2D eigenvalue weighted by Crippen LogP contribution is 2.30. The summed E-state index contributed by atoms with van der Waals surface area (Å²) in [4.78, 5) is 9.06. The van der Waals surface area contributed by atoms with E-state index in [1.165, 1.54) is 0 Å². The Hall–Kier alpha value is -0.980. The molecular weight excluding hydrogens is 242 g/mol. The molecule has 0 spiro atoms. The minimum absolute atomic E-state index is 0.0843. The fourth-order valence-corrected chi connectivity index (χ4v) is 2.17. The van der Waals surface area contributed by atoms with Crippen molar-refractivity contribution in [2.24, 2.45) is 11.1 Å². The summed E-state index contributed by atoms with van der Waals surface area (Å²) in [6.07, 6.45) is 0. The Kier molecular flexibility index (Phi) is 3.94. The largest absolute Gasteiger partial charge is 0.338 e. The molecular formula is C13H25N5O. The normalized spacial score (nSPS) is 24.6. The van der Waals surface area contributed by atoms with Gasteiger partial charge in [0.05, 0.1) is 12.1 Å². The first-order valence-corrected chi connectivity index (χ1v) is 6.77. The lowest BCUT2D eigenvalue weighted by molar-refractivity contribution is 0.108. The van der Waals surface area contributed by atoms with Gasteiger partial charge in [0.15, 0.2) is 5.82 Å². The lowest BCUT2D eigenvalue weighted by Gasteiger charge is -2.35. The smallest absolute Gasteiger partial charge is 0.244 e. The molecule has 2 rings (SSSR count). The van der Waals surface area contributed by atoms with Crippen molar-refractivity contribution in [3.05, 3.63) is 11.7 Å². The van der Waals surface area contributed by atoms with Crippen LogP contribution in [0.1, 0.15) is 44.6 Å². The molecule has 1 aromatic rings. The van der Waals surface area contributed by atoms with Crippen LogP contribution in [0.5, 0.6) is 0 Å². The summed E-state index contributed by atoms with van der Waals surface area (Å²) in [5.41, 5.74) is 6.07. The molecule has 6 heteroatoms. The fraction of sp³-hybridized carbons (Fsp3) is 0.846. The van der Waals surface area contributed by atoms with Crippen LogP contribution in [0.3, 0.4) is 0 Å². The summed E-state index contributed by atoms with van der Waals surface area (Å²) < 4.78 is 5.36. The highest BCUT2D eigenvalue weighted by Gasteiger charge is 2.31. The Morgan fingerprint density at radius 1 is 1.32 bits per heavy atom. The van der Waals surface area contributed by atoms with E-state index in [-0.39, 0.29) is 17.5 Å². The highest BCUT2D eigenvalue weighted by molar-refractivity contribution is 5.02. The second-order valence-electron chi connectivity index (χ2n) is 6.59. The molecule has 1 aromatic heterocycles. The van der Waals surface area contributed by atoms with Crippen LogP contribution in [0.2, 0.25) is 0 Å². The number of piperazine rings is 1. The maximum absolute atomic E-state index is 6.16. The average molecular weight is 267 g/mol. The molecule has 1 saturated heterocycles. The molecule has 0 aromatic carbocycles. The summed E-state index contributed by atoms with van der Waals surface area (Å²) in [7, 11) is 4.21. The van der Waals surface area contributed by atoms with Gasteiger partial charge in [-0.1, -0.05) is 25.9 Å². The van der Waals surface area contributed by atoms with Gasteiger partial charge in [0, 0.05) is 19.6 Å². The van der Waals surface area contributed by atoms with Gasteiger partial charge in [0.2, 0.25) is 5.89 Å². The molecule has 0 saturated carbocycles. The van der Waals surface area contributed by atoms with Gasteiger partial charge in [-0.25, -0.2) is 0 Å². The van der Waals surface area contributed by atoms with Crippen LogP contribution < -0.4 is 5.73 Å². The second-order valence-corrected chi connectivity index (χ2v) is 6.59. The standard InChI is InChI=1S/C13H25N5O/c1-13(2,3)10(14)12-15-11(16-19-12)9-8-17(4)6-7-18(9)5/h9-10H,6-8,14H2,1-5H3/t9?,10-/m0/s1. The zero-order valence-electron chi connectivity index (χ0n) is 12.6. The molecule has 1 fully saturated rings. The number of nitrogens with two attached hydrogens (primary N) is 1. The van der Waals surface area contributed by atoms with Gasteiger partial charge in [0.1, 0.15) is 0 Å². The average Bonchev–Trinajstić information content (AvgIpc) is 2.79. The van der Waals surface area contributed by atoms with Crippen LogP contribution in [0.25, 0.3) is 0 Å². The molecule has 0 amide bonds. The molecule has 1 aliphatic rings. The van der Waals surface area contributed by atoms with Gasteiger partial charge in [-0.3, -0.25) is 4.90 Å². The van der Waals surface area contributed by atoms with E-state index in [0.717, 1.165) is 25.5 Å². The Morgan fingerprint density at radius 2 is 2.00 bits per heavy atom. The molecule has 0 bridgehead atoms. The topological polar surface area (TPSA) is 71.4 Å². The molecule has 2 heterocycles. The zero-order chi connectivity index (χ0) is 14.2. The van der Waals surface area contributed by atoms with Crippen LogP contribution in [0, 0.1) is 5.41 Å². The summed E-state index contributed by atoms with van der Waals surface area (Å²) in [5.74, 6) is 1.27. The summed E-state index contributed by atoms with van der Waals surface area (Å²) >= 11 is 0. The summed E-state index contributed by atoms with van der Waals surface area (Å²) in [6, 6.07) is -0.0520. The summed E-state index contributed by atoms with van der Waals surface area (Å²) in [5, 5.41) is 4.12. The van der Waals surface area contributed by atoms with Crippen molar-refractivity contribution in [3.8, 4) is 0 Å². The first-order chi connectivity index (χ1) is 8.79. The zero-order valence-corrected chi connectivity index (χ0v) is 12.6. The van der Waals surface area contributed by atoms with E-state index in [0.29, 0.717) is 5.89 Å². The first-order valence-electron chi connectivity index (χ1n) is 6.77. The minimum Gasteiger partial charge on any atom is -0.338 e. The predicted octanol–water partition coefficient (Wildman–Crippen LogP) is 1.03. The van der Waals surface area contributed by atoms with Crippen molar-refractivity contribution >= 4 is 0 Å². The van der Waals surface area contributed by atoms with Gasteiger partial charge in [-0.05, 0) is 19.5 Å². The van der Waals surface area contributed by atoms with Crippen LogP contribution in [0.4, 0.5) is 0 Å². The SMILES string of the molecule is CN1CCN(C)C(c2noc([C@H](N)C(C)(C)C)n2)C1. The van der Waals surface area contributed by atoms with Gasteiger partial charge in [-0.2, -0.15) is 4.98 Å². The van der Waals surface area contributed by atoms with Crippen LogP contribution in [0.15, 0.2) is 4.52 Å². The fourth-order valence-electron chi connectivity index (χ4n) is 2.17. The van der Waals surface area contributed by atoms with Gasteiger partial charge < -0.3 is 15.2 Å². The van der Waals surface area contributed by atoms with E-state index >= 15 is 0 Å². The van der Waals surface area contributed by atoms with Crippen molar-refractivity contribution in [2.75, 3.05) is 33.7 Å². The van der Waals surface area contributed by atoms with E-state index in [9.17, 15) is 0 Å². The first kappa shape index (κ1) is 14.4. The maximum atomic E-state index is 6.16. The molecule has 2 atom stereocenters. The molecule has 108 valence electrons. The van der Waals surface area contributed by atoms with Gasteiger partial charge in [0.25, 0.3) is 0 Å². The third-order valence-electron chi connectivity index (χ3n) is 3.81. The van der Waals surface area contributed by atoms with E-state index in [1.54, 1.807) is 0 Å². The quantitative estimate of drug-likeness (QED) is 0.863. The molecule has 2 N–H and O–H groups in total. The minimum atomic E-state index is -0.236. The molecule has 6 nitrogen and oxygen atoms in total. The van der Waals surface area contributed by atoms with Crippen molar-refractivity contribution in [1.29, 1.82) is 0 Å². The third-order valence-corrected chi connectivity index (χ3v) is 3.81. The van der Waals surface area contributed by atoms with Crippen molar-refractivity contribution in [2.45, 2.75) is 32.9 Å². The number of hydrogen-bond acceptors (Lipinski definition) is 6.